The molecular weight excluding hydrogens is 368 g/mol. The molecule has 3 aromatic rings. The van der Waals surface area contributed by atoms with Crippen molar-refractivity contribution in [2.75, 3.05) is 11.9 Å². The highest BCUT2D eigenvalue weighted by Crippen LogP contribution is 2.41. The predicted molar refractivity (Wildman–Crippen MR) is 113 cm³/mol. The summed E-state index contributed by atoms with van der Waals surface area (Å²) in [5.74, 6) is 2.02. The summed E-state index contributed by atoms with van der Waals surface area (Å²) < 4.78 is 13.7. The first-order valence-electron chi connectivity index (χ1n) is 10.0. The summed E-state index contributed by atoms with van der Waals surface area (Å²) in [4.78, 5) is 16.3. The number of nitrogens with zero attached hydrogens (tertiary/aromatic N) is 2. The second-order valence-corrected chi connectivity index (χ2v) is 8.61. The van der Waals surface area contributed by atoms with Gasteiger partial charge in [-0.2, -0.15) is 5.10 Å². The molecule has 1 aromatic carbocycles. The summed E-state index contributed by atoms with van der Waals surface area (Å²) in [6.45, 7) is 12.6. The van der Waals surface area contributed by atoms with Crippen LogP contribution < -0.4 is 14.8 Å². The Labute approximate surface area is 170 Å². The van der Waals surface area contributed by atoms with E-state index in [0.717, 1.165) is 40.1 Å². The van der Waals surface area contributed by atoms with Crippen LogP contribution >= 0.6 is 0 Å². The molecule has 1 amide bonds. The van der Waals surface area contributed by atoms with Crippen LogP contribution in [-0.4, -0.2) is 33.4 Å². The third kappa shape index (κ3) is 3.45. The minimum atomic E-state index is -0.246. The van der Waals surface area contributed by atoms with Gasteiger partial charge in [-0.1, -0.05) is 0 Å². The molecule has 1 aliphatic rings. The molecule has 1 aliphatic heterocycles. The van der Waals surface area contributed by atoms with Crippen molar-refractivity contribution in [3.05, 3.63) is 35.2 Å². The van der Waals surface area contributed by atoms with Gasteiger partial charge >= 0.3 is 0 Å². The van der Waals surface area contributed by atoms with E-state index in [9.17, 15) is 4.79 Å². The van der Waals surface area contributed by atoms with Crippen LogP contribution in [0.1, 0.15) is 56.4 Å². The number of H-pyrrole nitrogens is 1. The van der Waals surface area contributed by atoms with E-state index in [4.69, 9.17) is 9.47 Å². The standard InChI is InChI=1S/C22H28N4O3/c1-7-28-17-10-14-9-13(3)29-20(14)19-15(17)11-16(23-19)21(27)24-18-8-12(2)25-26(18)22(4,5)6/h8,10-11,13,23H,7,9H2,1-6H3,(H,24,27). The highest BCUT2D eigenvalue weighted by atomic mass is 16.5. The van der Waals surface area contributed by atoms with Gasteiger partial charge in [0, 0.05) is 23.4 Å². The van der Waals surface area contributed by atoms with Crippen LogP contribution in [0.15, 0.2) is 18.2 Å². The third-order valence-corrected chi connectivity index (χ3v) is 4.99. The molecule has 1 atom stereocenters. The number of fused-ring (bicyclic) bond motifs is 3. The first kappa shape index (κ1) is 19.4. The molecule has 1 unspecified atom stereocenters. The Morgan fingerprint density at radius 1 is 1.38 bits per heavy atom. The monoisotopic (exact) mass is 396 g/mol. The summed E-state index contributed by atoms with van der Waals surface area (Å²) >= 11 is 0. The van der Waals surface area contributed by atoms with E-state index in [-0.39, 0.29) is 17.6 Å². The van der Waals surface area contributed by atoms with Crippen LogP contribution in [0, 0.1) is 6.92 Å². The average Bonchev–Trinajstić information content (AvgIpc) is 3.30. The number of benzene rings is 1. The lowest BCUT2D eigenvalue weighted by Gasteiger charge is -2.22. The molecule has 0 spiro atoms. The van der Waals surface area contributed by atoms with Gasteiger partial charge < -0.3 is 19.8 Å². The fraction of sp³-hybridized carbons (Fsp3) is 0.455. The Hall–Kier alpha value is -2.96. The molecule has 0 saturated heterocycles. The number of carbonyl (C=O) groups is 1. The Balaban J connectivity index is 1.73. The Kier molecular flexibility index (Phi) is 4.56. The topological polar surface area (TPSA) is 81.2 Å². The number of anilines is 1. The zero-order chi connectivity index (χ0) is 20.9. The van der Waals surface area contributed by atoms with Crippen LogP contribution in [0.4, 0.5) is 5.82 Å². The van der Waals surface area contributed by atoms with Crippen LogP contribution in [0.2, 0.25) is 0 Å². The fourth-order valence-corrected chi connectivity index (χ4v) is 3.81. The lowest BCUT2D eigenvalue weighted by Crippen LogP contribution is -2.26. The maximum absolute atomic E-state index is 13.0. The highest BCUT2D eigenvalue weighted by molar-refractivity contribution is 6.07. The second kappa shape index (κ2) is 6.83. The summed E-state index contributed by atoms with van der Waals surface area (Å²) in [5, 5.41) is 8.36. The maximum atomic E-state index is 13.0. The second-order valence-electron chi connectivity index (χ2n) is 8.61. The lowest BCUT2D eigenvalue weighted by atomic mass is 10.1. The van der Waals surface area contributed by atoms with E-state index < -0.39 is 0 Å². The van der Waals surface area contributed by atoms with Crippen LogP contribution in [0.5, 0.6) is 11.5 Å². The van der Waals surface area contributed by atoms with Gasteiger partial charge in [0.2, 0.25) is 0 Å². The summed E-state index contributed by atoms with van der Waals surface area (Å²) in [5.41, 5.74) is 2.97. The van der Waals surface area contributed by atoms with Crippen LogP contribution in [0.3, 0.4) is 0 Å². The maximum Gasteiger partial charge on any atom is 0.273 e. The molecule has 154 valence electrons. The lowest BCUT2D eigenvalue weighted by molar-refractivity contribution is 0.102. The quantitative estimate of drug-likeness (QED) is 0.685. The van der Waals surface area contributed by atoms with Gasteiger partial charge in [-0.3, -0.25) is 4.79 Å². The molecule has 3 heterocycles. The van der Waals surface area contributed by atoms with E-state index in [2.05, 4.69) is 15.4 Å². The van der Waals surface area contributed by atoms with Gasteiger partial charge in [-0.15, -0.1) is 0 Å². The van der Waals surface area contributed by atoms with Crippen molar-refractivity contribution in [3.8, 4) is 11.5 Å². The smallest absolute Gasteiger partial charge is 0.273 e. The van der Waals surface area contributed by atoms with Crippen molar-refractivity contribution >= 4 is 22.6 Å². The summed E-state index contributed by atoms with van der Waals surface area (Å²) in [7, 11) is 0. The van der Waals surface area contributed by atoms with E-state index in [1.807, 2.05) is 64.4 Å². The van der Waals surface area contributed by atoms with Crippen molar-refractivity contribution in [2.24, 2.45) is 0 Å². The average molecular weight is 396 g/mol. The Morgan fingerprint density at radius 3 is 2.83 bits per heavy atom. The van der Waals surface area contributed by atoms with Crippen molar-refractivity contribution in [1.82, 2.24) is 14.8 Å². The minimum absolute atomic E-state index is 0.106. The molecule has 29 heavy (non-hydrogen) atoms. The first-order valence-corrected chi connectivity index (χ1v) is 10.0. The number of amides is 1. The van der Waals surface area contributed by atoms with Gasteiger partial charge in [-0.05, 0) is 53.7 Å². The molecule has 2 N–H and O–H groups in total. The molecule has 0 radical (unpaired) electrons. The summed E-state index contributed by atoms with van der Waals surface area (Å²) in [6.07, 6.45) is 0.936. The summed E-state index contributed by atoms with van der Waals surface area (Å²) in [6, 6.07) is 5.73. The predicted octanol–water partition coefficient (Wildman–Crippen LogP) is 4.40. The first-order chi connectivity index (χ1) is 13.7. The van der Waals surface area contributed by atoms with Crippen molar-refractivity contribution in [2.45, 2.75) is 59.6 Å². The van der Waals surface area contributed by atoms with E-state index in [1.165, 1.54) is 0 Å². The van der Waals surface area contributed by atoms with Gasteiger partial charge in [0.15, 0.2) is 0 Å². The largest absolute Gasteiger partial charge is 0.493 e. The number of ether oxygens (including phenoxy) is 2. The van der Waals surface area contributed by atoms with E-state index in [0.29, 0.717) is 18.1 Å². The van der Waals surface area contributed by atoms with Gasteiger partial charge in [0.05, 0.1) is 23.4 Å². The van der Waals surface area contributed by atoms with Gasteiger partial charge in [0.25, 0.3) is 5.91 Å². The normalized spacial score (nSPS) is 16.0. The number of aromatic amines is 1. The number of hydrogen-bond acceptors (Lipinski definition) is 4. The van der Waals surface area contributed by atoms with Crippen molar-refractivity contribution < 1.29 is 14.3 Å². The number of hydrogen-bond donors (Lipinski definition) is 2. The molecule has 2 aromatic heterocycles. The third-order valence-electron chi connectivity index (χ3n) is 4.99. The van der Waals surface area contributed by atoms with Gasteiger partial charge in [-0.25, -0.2) is 4.68 Å². The molecule has 0 bridgehead atoms. The molecule has 0 aliphatic carbocycles. The number of aryl methyl sites for hydroxylation is 1. The zero-order valence-corrected chi connectivity index (χ0v) is 17.8. The molecule has 0 fully saturated rings. The van der Waals surface area contributed by atoms with E-state index >= 15 is 0 Å². The molecule has 4 rings (SSSR count). The molecule has 0 saturated carbocycles. The minimum Gasteiger partial charge on any atom is -0.493 e. The number of carbonyl (C=O) groups excluding carboxylic acids is 1. The SMILES string of the molecule is CCOc1cc2c(c3[nH]c(C(=O)Nc4cc(C)nn4C(C)(C)C)cc13)OC(C)C2. The molecule has 7 nitrogen and oxygen atoms in total. The van der Waals surface area contributed by atoms with Crippen molar-refractivity contribution in [3.63, 3.8) is 0 Å². The Morgan fingerprint density at radius 2 is 2.14 bits per heavy atom. The Bertz CT molecular complexity index is 1090. The highest BCUT2D eigenvalue weighted by Gasteiger charge is 2.27. The fourth-order valence-electron chi connectivity index (χ4n) is 3.81. The van der Waals surface area contributed by atoms with Crippen LogP contribution in [-0.2, 0) is 12.0 Å². The van der Waals surface area contributed by atoms with Crippen LogP contribution in [0.25, 0.3) is 10.9 Å². The molecular formula is C22H28N4O3. The zero-order valence-electron chi connectivity index (χ0n) is 17.8. The number of nitrogens with one attached hydrogen (secondary N) is 2. The van der Waals surface area contributed by atoms with Crippen molar-refractivity contribution in [1.29, 1.82) is 0 Å². The number of rotatable bonds is 4. The van der Waals surface area contributed by atoms with E-state index in [1.54, 1.807) is 0 Å². The number of aromatic nitrogens is 3. The molecule has 7 heteroatoms. The van der Waals surface area contributed by atoms with Gasteiger partial charge in [0.1, 0.15) is 29.1 Å².